The van der Waals surface area contributed by atoms with Gasteiger partial charge in [0.2, 0.25) is 0 Å². The van der Waals surface area contributed by atoms with Gasteiger partial charge in [-0.15, -0.1) is 0 Å². The fraction of sp³-hybridized carbons (Fsp3) is 0.773. The molecule has 1 N–H and O–H groups in total. The van der Waals surface area contributed by atoms with Gasteiger partial charge in [-0.3, -0.25) is 14.4 Å². The maximum absolute atomic E-state index is 12.3. The van der Waals surface area contributed by atoms with Gasteiger partial charge < -0.3 is 9.84 Å². The van der Waals surface area contributed by atoms with Gasteiger partial charge in [-0.25, -0.2) is 0 Å². The van der Waals surface area contributed by atoms with Crippen LogP contribution in [0.2, 0.25) is 0 Å². The van der Waals surface area contributed by atoms with E-state index in [-0.39, 0.29) is 30.0 Å². The second kappa shape index (κ2) is 13.4. The number of rotatable bonds is 12. The summed E-state index contributed by atoms with van der Waals surface area (Å²) in [6, 6.07) is 0. The van der Waals surface area contributed by atoms with E-state index < -0.39 is 12.1 Å². The topological polar surface area (TPSA) is 80.7 Å². The molecule has 3 atom stereocenters. The smallest absolute Gasteiger partial charge is 0.303 e. The van der Waals surface area contributed by atoms with E-state index in [1.54, 1.807) is 0 Å². The molecule has 1 saturated carbocycles. The number of hydrogen-bond acceptors (Lipinski definition) is 4. The maximum Gasteiger partial charge on any atom is 0.303 e. The summed E-state index contributed by atoms with van der Waals surface area (Å²) in [6.07, 6.45) is 9.20. The van der Waals surface area contributed by atoms with Gasteiger partial charge in [0.1, 0.15) is 5.78 Å². The van der Waals surface area contributed by atoms with Crippen molar-refractivity contribution >= 4 is 17.7 Å². The number of carboxylic acid groups (broad SMARTS) is 1. The Balaban J connectivity index is 2.57. The van der Waals surface area contributed by atoms with Gasteiger partial charge in [-0.05, 0) is 25.7 Å². The molecule has 0 heterocycles. The van der Waals surface area contributed by atoms with Crippen LogP contribution >= 0.6 is 0 Å². The summed E-state index contributed by atoms with van der Waals surface area (Å²) < 4.78 is 5.46. The predicted molar refractivity (Wildman–Crippen MR) is 104 cm³/mol. The fourth-order valence-electron chi connectivity index (χ4n) is 3.70. The molecule has 0 aliphatic heterocycles. The van der Waals surface area contributed by atoms with Crippen LogP contribution in [0, 0.1) is 23.7 Å². The monoisotopic (exact) mass is 378 g/mol. The third-order valence-corrected chi connectivity index (χ3v) is 5.14. The predicted octanol–water partition coefficient (Wildman–Crippen LogP) is 4.52. The standard InChI is InChI=1S/C22H34O5/c1-3-4-5-6-10-13-21(27-17(2)23)19-15-16-20(24)18(19)12-9-7-8-11-14-22(25)26/h18-19,21H,3-9,11-12,14-16H2,1-2H3,(H,25,26). The Labute approximate surface area is 163 Å². The summed E-state index contributed by atoms with van der Waals surface area (Å²) in [7, 11) is 0. The molecule has 3 unspecified atom stereocenters. The minimum Gasteiger partial charge on any atom is -0.481 e. The molecule has 0 aromatic rings. The van der Waals surface area contributed by atoms with Crippen molar-refractivity contribution in [3.8, 4) is 11.8 Å². The van der Waals surface area contributed by atoms with Gasteiger partial charge in [-0.1, -0.05) is 50.9 Å². The number of carbonyl (C=O) groups excluding carboxylic acids is 2. The van der Waals surface area contributed by atoms with E-state index in [0.717, 1.165) is 57.8 Å². The first kappa shape index (κ1) is 23.2. The van der Waals surface area contributed by atoms with E-state index in [1.165, 1.54) is 6.92 Å². The quantitative estimate of drug-likeness (QED) is 0.307. The number of carbonyl (C=O) groups is 3. The zero-order chi connectivity index (χ0) is 20.1. The highest BCUT2D eigenvalue weighted by Gasteiger charge is 2.39. The molecule has 152 valence electrons. The Hall–Kier alpha value is -1.83. The molecule has 0 spiro atoms. The van der Waals surface area contributed by atoms with Gasteiger partial charge in [0.25, 0.3) is 0 Å². The number of Topliss-reactive ketones (excluding diaryl/α,β-unsaturated/α-hetero) is 1. The summed E-state index contributed by atoms with van der Waals surface area (Å²) in [5, 5.41) is 8.66. The van der Waals surface area contributed by atoms with Crippen LogP contribution < -0.4 is 0 Å². The summed E-state index contributed by atoms with van der Waals surface area (Å²) in [6.45, 7) is 3.53. The van der Waals surface area contributed by atoms with Gasteiger partial charge in [-0.2, -0.15) is 0 Å². The zero-order valence-corrected chi connectivity index (χ0v) is 16.8. The molecular weight excluding hydrogens is 344 g/mol. The molecule has 1 rings (SSSR count). The molecule has 0 radical (unpaired) electrons. The highest BCUT2D eigenvalue weighted by molar-refractivity contribution is 5.83. The van der Waals surface area contributed by atoms with Crippen molar-refractivity contribution in [1.82, 2.24) is 0 Å². The zero-order valence-electron chi connectivity index (χ0n) is 16.8. The van der Waals surface area contributed by atoms with Gasteiger partial charge in [0, 0.05) is 38.0 Å². The average molecular weight is 379 g/mol. The molecule has 0 amide bonds. The molecule has 27 heavy (non-hydrogen) atoms. The number of esters is 1. The lowest BCUT2D eigenvalue weighted by Crippen LogP contribution is -2.29. The molecule has 1 fully saturated rings. The second-order valence-corrected chi connectivity index (χ2v) is 7.43. The Morgan fingerprint density at radius 3 is 2.59 bits per heavy atom. The molecule has 0 bridgehead atoms. The summed E-state index contributed by atoms with van der Waals surface area (Å²) in [4.78, 5) is 34.4. The number of unbranched alkanes of at least 4 members (excludes halogenated alkanes) is 6. The van der Waals surface area contributed by atoms with E-state index in [0.29, 0.717) is 12.8 Å². The lowest BCUT2D eigenvalue weighted by Gasteiger charge is -2.23. The first-order valence-corrected chi connectivity index (χ1v) is 10.4. The van der Waals surface area contributed by atoms with Crippen molar-refractivity contribution in [1.29, 1.82) is 0 Å². The van der Waals surface area contributed by atoms with E-state index in [4.69, 9.17) is 9.84 Å². The lowest BCUT2D eigenvalue weighted by atomic mass is 9.86. The molecule has 5 heteroatoms. The van der Waals surface area contributed by atoms with Crippen molar-refractivity contribution in [2.75, 3.05) is 0 Å². The third-order valence-electron chi connectivity index (χ3n) is 5.14. The molecule has 0 aromatic heterocycles. The number of ether oxygens (including phenoxy) is 1. The summed E-state index contributed by atoms with van der Waals surface area (Å²) >= 11 is 0. The third kappa shape index (κ3) is 9.60. The van der Waals surface area contributed by atoms with E-state index in [1.807, 2.05) is 0 Å². The van der Waals surface area contributed by atoms with Crippen LogP contribution in [0.1, 0.15) is 90.9 Å². The van der Waals surface area contributed by atoms with Crippen LogP contribution in [0.15, 0.2) is 0 Å². The maximum atomic E-state index is 12.3. The minimum atomic E-state index is -0.761. The average Bonchev–Trinajstić information content (AvgIpc) is 2.97. The minimum absolute atomic E-state index is 0.0147. The Bertz CT molecular complexity index is 543. The Morgan fingerprint density at radius 2 is 1.93 bits per heavy atom. The van der Waals surface area contributed by atoms with Crippen LogP contribution in [0.5, 0.6) is 0 Å². The lowest BCUT2D eigenvalue weighted by molar-refractivity contribution is -0.147. The molecule has 5 nitrogen and oxygen atoms in total. The van der Waals surface area contributed by atoms with Crippen LogP contribution in [-0.4, -0.2) is 28.9 Å². The molecule has 0 aromatic carbocycles. The largest absolute Gasteiger partial charge is 0.481 e. The molecular formula is C22H34O5. The van der Waals surface area contributed by atoms with Crippen LogP contribution in [-0.2, 0) is 19.1 Å². The van der Waals surface area contributed by atoms with Crippen molar-refractivity contribution in [3.05, 3.63) is 0 Å². The Morgan fingerprint density at radius 1 is 1.19 bits per heavy atom. The van der Waals surface area contributed by atoms with Gasteiger partial charge in [0.05, 0.1) is 0 Å². The highest BCUT2D eigenvalue weighted by Crippen LogP contribution is 2.36. The van der Waals surface area contributed by atoms with Crippen molar-refractivity contribution in [3.63, 3.8) is 0 Å². The Kier molecular flexibility index (Phi) is 11.5. The highest BCUT2D eigenvalue weighted by atomic mass is 16.5. The number of ketones is 1. The van der Waals surface area contributed by atoms with E-state index >= 15 is 0 Å². The fourth-order valence-corrected chi connectivity index (χ4v) is 3.70. The first-order chi connectivity index (χ1) is 13.0. The molecule has 1 aliphatic rings. The van der Waals surface area contributed by atoms with Crippen LogP contribution in [0.3, 0.4) is 0 Å². The summed E-state index contributed by atoms with van der Waals surface area (Å²) in [5.74, 6) is 5.27. The number of hydrogen-bond donors (Lipinski definition) is 1. The van der Waals surface area contributed by atoms with Crippen LogP contribution in [0.25, 0.3) is 0 Å². The van der Waals surface area contributed by atoms with Gasteiger partial charge in [0.15, 0.2) is 6.10 Å². The normalized spacial score (nSPS) is 20.0. The van der Waals surface area contributed by atoms with E-state index in [9.17, 15) is 14.4 Å². The van der Waals surface area contributed by atoms with Gasteiger partial charge >= 0.3 is 11.9 Å². The number of carboxylic acids is 1. The number of aliphatic carboxylic acids is 1. The summed E-state index contributed by atoms with van der Waals surface area (Å²) in [5.41, 5.74) is 0. The van der Waals surface area contributed by atoms with Crippen molar-refractivity contribution < 1.29 is 24.2 Å². The second-order valence-electron chi connectivity index (χ2n) is 7.43. The molecule has 1 aliphatic carbocycles. The van der Waals surface area contributed by atoms with E-state index in [2.05, 4.69) is 18.8 Å². The first-order valence-electron chi connectivity index (χ1n) is 10.4. The molecule has 0 saturated heterocycles. The van der Waals surface area contributed by atoms with Crippen LogP contribution in [0.4, 0.5) is 0 Å². The van der Waals surface area contributed by atoms with Crippen molar-refractivity contribution in [2.45, 2.75) is 97.0 Å². The SMILES string of the molecule is CCCCCC#CC(OC(C)=O)C1CCC(=O)C1CCCCCCC(=O)O. The van der Waals surface area contributed by atoms with Crippen molar-refractivity contribution in [2.24, 2.45) is 11.8 Å².